The summed E-state index contributed by atoms with van der Waals surface area (Å²) in [6.07, 6.45) is 0. The SMILES string of the molecule is O=C(c1ccccc1)c1ccc(OC(=O)c2sc3ccccc3c2Cl)cc1. The standard InChI is InChI=1S/C22H13ClO3S/c23-19-17-8-4-5-9-18(17)27-21(19)22(25)26-16-12-10-15(11-13-16)20(24)14-6-2-1-3-7-14/h1-13H. The molecule has 0 unspecified atom stereocenters. The molecule has 27 heavy (non-hydrogen) atoms. The quantitative estimate of drug-likeness (QED) is 0.243. The van der Waals surface area contributed by atoms with Gasteiger partial charge in [0.2, 0.25) is 0 Å². The smallest absolute Gasteiger partial charge is 0.355 e. The van der Waals surface area contributed by atoms with E-state index < -0.39 is 5.97 Å². The van der Waals surface area contributed by atoms with E-state index >= 15 is 0 Å². The van der Waals surface area contributed by atoms with Crippen molar-refractivity contribution in [2.45, 2.75) is 0 Å². The number of fused-ring (bicyclic) bond motifs is 1. The molecule has 3 aromatic carbocycles. The van der Waals surface area contributed by atoms with E-state index in [1.54, 1.807) is 36.4 Å². The Morgan fingerprint density at radius 2 is 1.41 bits per heavy atom. The van der Waals surface area contributed by atoms with Gasteiger partial charge in [0.25, 0.3) is 0 Å². The molecular weight excluding hydrogens is 380 g/mol. The van der Waals surface area contributed by atoms with Crippen LogP contribution < -0.4 is 4.74 Å². The predicted octanol–water partition coefficient (Wildman–Crippen LogP) is 6.00. The van der Waals surface area contributed by atoms with Crippen molar-refractivity contribution in [3.63, 3.8) is 0 Å². The number of hydrogen-bond donors (Lipinski definition) is 0. The Morgan fingerprint density at radius 3 is 2.11 bits per heavy atom. The van der Waals surface area contributed by atoms with E-state index in [9.17, 15) is 9.59 Å². The van der Waals surface area contributed by atoms with E-state index in [2.05, 4.69) is 0 Å². The molecule has 0 aliphatic rings. The van der Waals surface area contributed by atoms with Crippen LogP contribution in [0.4, 0.5) is 0 Å². The zero-order valence-electron chi connectivity index (χ0n) is 14.0. The van der Waals surface area contributed by atoms with Crippen LogP contribution in [0.15, 0.2) is 78.9 Å². The first kappa shape index (κ1) is 17.5. The van der Waals surface area contributed by atoms with Gasteiger partial charge in [-0.25, -0.2) is 4.79 Å². The molecule has 0 spiro atoms. The fourth-order valence-corrected chi connectivity index (χ4v) is 4.11. The maximum Gasteiger partial charge on any atom is 0.355 e. The molecule has 0 radical (unpaired) electrons. The van der Waals surface area contributed by atoms with Crippen LogP contribution in [-0.2, 0) is 0 Å². The van der Waals surface area contributed by atoms with Crippen molar-refractivity contribution in [2.75, 3.05) is 0 Å². The maximum absolute atomic E-state index is 12.5. The average molecular weight is 393 g/mol. The van der Waals surface area contributed by atoms with E-state index in [1.807, 2.05) is 42.5 Å². The Hall–Kier alpha value is -2.95. The largest absolute Gasteiger partial charge is 0.422 e. The molecule has 0 fully saturated rings. The molecule has 132 valence electrons. The third-order valence-electron chi connectivity index (χ3n) is 4.08. The first-order valence-corrected chi connectivity index (χ1v) is 9.42. The van der Waals surface area contributed by atoms with Gasteiger partial charge in [-0.1, -0.05) is 60.1 Å². The molecule has 0 amide bonds. The Labute approximate surface area is 164 Å². The van der Waals surface area contributed by atoms with Crippen LogP contribution in [0.1, 0.15) is 25.6 Å². The van der Waals surface area contributed by atoms with Gasteiger partial charge in [-0.05, 0) is 30.3 Å². The average Bonchev–Trinajstić information content (AvgIpc) is 3.06. The molecule has 0 atom stereocenters. The topological polar surface area (TPSA) is 43.4 Å². The first-order valence-electron chi connectivity index (χ1n) is 8.22. The van der Waals surface area contributed by atoms with E-state index in [0.29, 0.717) is 26.8 Å². The molecule has 0 saturated carbocycles. The number of halogens is 1. The lowest BCUT2D eigenvalue weighted by Crippen LogP contribution is -2.07. The van der Waals surface area contributed by atoms with Crippen molar-refractivity contribution in [3.8, 4) is 5.75 Å². The highest BCUT2D eigenvalue weighted by Gasteiger charge is 2.19. The third-order valence-corrected chi connectivity index (χ3v) is 5.74. The molecule has 0 aliphatic carbocycles. The van der Waals surface area contributed by atoms with Crippen LogP contribution in [0.2, 0.25) is 5.02 Å². The second kappa shape index (κ2) is 7.35. The van der Waals surface area contributed by atoms with Crippen molar-refractivity contribution >= 4 is 44.8 Å². The Bertz CT molecular complexity index is 1130. The van der Waals surface area contributed by atoms with Crippen LogP contribution >= 0.6 is 22.9 Å². The van der Waals surface area contributed by atoms with Crippen molar-refractivity contribution in [2.24, 2.45) is 0 Å². The summed E-state index contributed by atoms with van der Waals surface area (Å²) in [5.74, 6) is -0.234. The normalized spacial score (nSPS) is 10.7. The lowest BCUT2D eigenvalue weighted by Gasteiger charge is -2.05. The van der Waals surface area contributed by atoms with Crippen LogP contribution in [0.25, 0.3) is 10.1 Å². The summed E-state index contributed by atoms with van der Waals surface area (Å²) < 4.78 is 6.36. The Morgan fingerprint density at radius 1 is 0.778 bits per heavy atom. The zero-order chi connectivity index (χ0) is 18.8. The molecule has 0 bridgehead atoms. The fraction of sp³-hybridized carbons (Fsp3) is 0. The molecule has 3 nitrogen and oxygen atoms in total. The first-order chi connectivity index (χ1) is 13.1. The summed E-state index contributed by atoms with van der Waals surface area (Å²) in [4.78, 5) is 25.3. The van der Waals surface area contributed by atoms with E-state index in [4.69, 9.17) is 16.3 Å². The maximum atomic E-state index is 12.5. The number of carbonyl (C=O) groups is 2. The molecule has 4 aromatic rings. The number of benzene rings is 3. The van der Waals surface area contributed by atoms with Crippen LogP contribution in [-0.4, -0.2) is 11.8 Å². The minimum Gasteiger partial charge on any atom is -0.422 e. The highest BCUT2D eigenvalue weighted by atomic mass is 35.5. The van der Waals surface area contributed by atoms with Crippen LogP contribution in [0.3, 0.4) is 0 Å². The van der Waals surface area contributed by atoms with Gasteiger partial charge in [-0.3, -0.25) is 4.79 Å². The van der Waals surface area contributed by atoms with E-state index in [-0.39, 0.29) is 5.78 Å². The lowest BCUT2D eigenvalue weighted by molar-refractivity contribution is 0.0740. The number of ether oxygens (including phenoxy) is 1. The lowest BCUT2D eigenvalue weighted by atomic mass is 10.0. The molecule has 0 N–H and O–H groups in total. The summed E-state index contributed by atoms with van der Waals surface area (Å²) in [6, 6.07) is 23.1. The molecule has 4 rings (SSSR count). The molecule has 0 saturated heterocycles. The van der Waals surface area contributed by atoms with Crippen molar-refractivity contribution < 1.29 is 14.3 Å². The minimum atomic E-state index is -0.511. The molecule has 5 heteroatoms. The Kier molecular flexibility index (Phi) is 4.75. The van der Waals surface area contributed by atoms with Gasteiger partial charge in [0.1, 0.15) is 10.6 Å². The summed E-state index contributed by atoms with van der Waals surface area (Å²) in [7, 11) is 0. The second-order valence-corrected chi connectivity index (χ2v) is 7.28. The molecule has 1 aromatic heterocycles. The van der Waals surface area contributed by atoms with Gasteiger partial charge in [0.05, 0.1) is 5.02 Å². The van der Waals surface area contributed by atoms with Crippen molar-refractivity contribution in [1.82, 2.24) is 0 Å². The Balaban J connectivity index is 1.53. The molecular formula is C22H13ClO3S. The van der Waals surface area contributed by atoms with Crippen LogP contribution in [0, 0.1) is 0 Å². The van der Waals surface area contributed by atoms with Gasteiger partial charge < -0.3 is 4.74 Å². The number of thiophene rings is 1. The van der Waals surface area contributed by atoms with Crippen molar-refractivity contribution in [3.05, 3.63) is 99.9 Å². The number of ketones is 1. The number of carbonyl (C=O) groups excluding carboxylic acids is 2. The van der Waals surface area contributed by atoms with E-state index in [0.717, 1.165) is 10.1 Å². The van der Waals surface area contributed by atoms with E-state index in [1.165, 1.54) is 11.3 Å². The monoisotopic (exact) mass is 392 g/mol. The number of esters is 1. The third kappa shape index (κ3) is 3.50. The second-order valence-electron chi connectivity index (χ2n) is 5.85. The number of hydrogen-bond acceptors (Lipinski definition) is 4. The predicted molar refractivity (Wildman–Crippen MR) is 108 cm³/mol. The fourth-order valence-electron chi connectivity index (χ4n) is 2.73. The summed E-state index contributed by atoms with van der Waals surface area (Å²) in [6.45, 7) is 0. The molecule has 0 aliphatic heterocycles. The van der Waals surface area contributed by atoms with Crippen LogP contribution in [0.5, 0.6) is 5.75 Å². The zero-order valence-corrected chi connectivity index (χ0v) is 15.6. The van der Waals surface area contributed by atoms with Gasteiger partial charge >= 0.3 is 5.97 Å². The van der Waals surface area contributed by atoms with Gasteiger partial charge in [0.15, 0.2) is 5.78 Å². The highest BCUT2D eigenvalue weighted by Crippen LogP contribution is 2.35. The van der Waals surface area contributed by atoms with Gasteiger partial charge in [0, 0.05) is 21.2 Å². The van der Waals surface area contributed by atoms with Gasteiger partial charge in [-0.2, -0.15) is 0 Å². The number of rotatable bonds is 4. The van der Waals surface area contributed by atoms with Gasteiger partial charge in [-0.15, -0.1) is 11.3 Å². The minimum absolute atomic E-state index is 0.0824. The summed E-state index contributed by atoms with van der Waals surface area (Å²) in [5, 5.41) is 1.23. The summed E-state index contributed by atoms with van der Waals surface area (Å²) >= 11 is 7.61. The summed E-state index contributed by atoms with van der Waals surface area (Å²) in [5.41, 5.74) is 1.14. The highest BCUT2D eigenvalue weighted by molar-refractivity contribution is 7.21. The van der Waals surface area contributed by atoms with Crippen molar-refractivity contribution in [1.29, 1.82) is 0 Å². The molecule has 1 heterocycles.